The highest BCUT2D eigenvalue weighted by molar-refractivity contribution is 5.51. The first kappa shape index (κ1) is 10.1. The van der Waals surface area contributed by atoms with E-state index in [2.05, 4.69) is 22.1 Å². The highest BCUT2D eigenvalue weighted by Crippen LogP contribution is 2.38. The molecule has 0 bridgehead atoms. The van der Waals surface area contributed by atoms with Crippen molar-refractivity contribution in [1.82, 2.24) is 9.97 Å². The highest BCUT2D eigenvalue weighted by atomic mass is 15.0. The molecule has 0 spiro atoms. The number of hydrogen-bond donors (Lipinski definition) is 2. The lowest BCUT2D eigenvalue weighted by Crippen LogP contribution is -2.07. The van der Waals surface area contributed by atoms with Crippen molar-refractivity contribution in [2.45, 2.75) is 18.8 Å². The standard InChI is InChI=1S/C13H14N4/c14-12-10-7-6-9(8-4-2-1-3-5-8)11(10)16-13(15)17-12/h1-5,9H,6-7H2,(H4,14,15,16,17). The molecule has 0 fully saturated rings. The normalized spacial score (nSPS) is 18.0. The summed E-state index contributed by atoms with van der Waals surface area (Å²) < 4.78 is 0. The molecule has 3 rings (SSSR count). The zero-order valence-corrected chi connectivity index (χ0v) is 9.43. The molecule has 4 heteroatoms. The van der Waals surface area contributed by atoms with Gasteiger partial charge in [0, 0.05) is 11.5 Å². The van der Waals surface area contributed by atoms with Crippen LogP contribution in [0.1, 0.15) is 29.2 Å². The fourth-order valence-corrected chi connectivity index (χ4v) is 2.52. The Labute approximate surface area is 99.7 Å². The van der Waals surface area contributed by atoms with Crippen molar-refractivity contribution in [3.8, 4) is 0 Å². The van der Waals surface area contributed by atoms with Gasteiger partial charge in [-0.25, -0.2) is 4.98 Å². The van der Waals surface area contributed by atoms with Crippen LogP contribution >= 0.6 is 0 Å². The van der Waals surface area contributed by atoms with Crippen molar-refractivity contribution >= 4 is 11.8 Å². The maximum Gasteiger partial charge on any atom is 0.222 e. The molecular formula is C13H14N4. The lowest BCUT2D eigenvalue weighted by atomic mass is 9.97. The molecule has 0 aliphatic heterocycles. The number of aromatic nitrogens is 2. The average Bonchev–Trinajstić information content (AvgIpc) is 2.74. The number of benzene rings is 1. The zero-order valence-electron chi connectivity index (χ0n) is 9.43. The second-order valence-electron chi connectivity index (χ2n) is 4.33. The topological polar surface area (TPSA) is 77.8 Å². The fourth-order valence-electron chi connectivity index (χ4n) is 2.52. The summed E-state index contributed by atoms with van der Waals surface area (Å²) in [6.45, 7) is 0. The lowest BCUT2D eigenvalue weighted by molar-refractivity contribution is 0.772. The first-order valence-electron chi connectivity index (χ1n) is 5.72. The van der Waals surface area contributed by atoms with Gasteiger partial charge < -0.3 is 11.5 Å². The van der Waals surface area contributed by atoms with Crippen molar-refractivity contribution in [3.05, 3.63) is 47.2 Å². The van der Waals surface area contributed by atoms with E-state index in [0.717, 1.165) is 24.1 Å². The van der Waals surface area contributed by atoms with Crippen LogP contribution < -0.4 is 11.5 Å². The van der Waals surface area contributed by atoms with Gasteiger partial charge >= 0.3 is 0 Å². The largest absolute Gasteiger partial charge is 0.383 e. The summed E-state index contributed by atoms with van der Waals surface area (Å²) in [5.74, 6) is 1.11. The fraction of sp³-hybridized carbons (Fsp3) is 0.231. The van der Waals surface area contributed by atoms with Crippen molar-refractivity contribution in [1.29, 1.82) is 0 Å². The van der Waals surface area contributed by atoms with Crippen LogP contribution in [0.5, 0.6) is 0 Å². The van der Waals surface area contributed by atoms with Gasteiger partial charge in [-0.05, 0) is 18.4 Å². The Morgan fingerprint density at radius 3 is 2.59 bits per heavy atom. The number of nitrogens with zero attached hydrogens (tertiary/aromatic N) is 2. The van der Waals surface area contributed by atoms with Gasteiger partial charge in [0.05, 0.1) is 5.69 Å². The van der Waals surface area contributed by atoms with Gasteiger partial charge in [-0.2, -0.15) is 4.98 Å². The van der Waals surface area contributed by atoms with Crippen LogP contribution in [-0.4, -0.2) is 9.97 Å². The molecule has 0 saturated carbocycles. The smallest absolute Gasteiger partial charge is 0.222 e. The maximum absolute atomic E-state index is 5.88. The van der Waals surface area contributed by atoms with Gasteiger partial charge in [0.25, 0.3) is 0 Å². The summed E-state index contributed by atoms with van der Waals surface area (Å²) in [7, 11) is 0. The van der Waals surface area contributed by atoms with E-state index in [9.17, 15) is 0 Å². The first-order chi connectivity index (χ1) is 8.25. The van der Waals surface area contributed by atoms with Crippen LogP contribution in [0, 0.1) is 0 Å². The predicted molar refractivity (Wildman–Crippen MR) is 67.5 cm³/mol. The summed E-state index contributed by atoms with van der Waals surface area (Å²) in [6, 6.07) is 10.3. The molecule has 17 heavy (non-hydrogen) atoms. The van der Waals surface area contributed by atoms with Gasteiger partial charge in [-0.15, -0.1) is 0 Å². The highest BCUT2D eigenvalue weighted by Gasteiger charge is 2.28. The van der Waals surface area contributed by atoms with Crippen LogP contribution in [-0.2, 0) is 6.42 Å². The Morgan fingerprint density at radius 1 is 1.06 bits per heavy atom. The van der Waals surface area contributed by atoms with Crippen LogP contribution in [0.4, 0.5) is 11.8 Å². The van der Waals surface area contributed by atoms with Gasteiger partial charge in [0.15, 0.2) is 0 Å². The van der Waals surface area contributed by atoms with Crippen molar-refractivity contribution in [2.24, 2.45) is 0 Å². The zero-order chi connectivity index (χ0) is 11.8. The molecule has 1 aromatic carbocycles. The van der Waals surface area contributed by atoms with Crippen LogP contribution in [0.3, 0.4) is 0 Å². The van der Waals surface area contributed by atoms with E-state index in [-0.39, 0.29) is 5.95 Å². The molecule has 4 N–H and O–H groups in total. The molecular weight excluding hydrogens is 212 g/mol. The third-order valence-corrected chi connectivity index (χ3v) is 3.30. The monoisotopic (exact) mass is 226 g/mol. The minimum Gasteiger partial charge on any atom is -0.383 e. The number of nitrogen functional groups attached to an aromatic ring is 2. The third-order valence-electron chi connectivity index (χ3n) is 3.30. The lowest BCUT2D eigenvalue weighted by Gasteiger charge is -2.11. The van der Waals surface area contributed by atoms with Gasteiger partial charge in [-0.3, -0.25) is 0 Å². The van der Waals surface area contributed by atoms with E-state index in [4.69, 9.17) is 11.5 Å². The molecule has 1 aliphatic rings. The molecule has 1 unspecified atom stereocenters. The number of fused-ring (bicyclic) bond motifs is 1. The molecule has 1 atom stereocenters. The summed E-state index contributed by atoms with van der Waals surface area (Å²) in [6.07, 6.45) is 1.96. The second-order valence-corrected chi connectivity index (χ2v) is 4.33. The van der Waals surface area contributed by atoms with E-state index in [1.807, 2.05) is 18.2 Å². The van der Waals surface area contributed by atoms with Crippen LogP contribution in [0.25, 0.3) is 0 Å². The van der Waals surface area contributed by atoms with E-state index >= 15 is 0 Å². The van der Waals surface area contributed by atoms with Crippen molar-refractivity contribution in [2.75, 3.05) is 11.5 Å². The minimum absolute atomic E-state index is 0.268. The Morgan fingerprint density at radius 2 is 1.82 bits per heavy atom. The Balaban J connectivity index is 2.10. The van der Waals surface area contributed by atoms with E-state index < -0.39 is 0 Å². The number of nitrogens with two attached hydrogens (primary N) is 2. The molecule has 0 amide bonds. The quantitative estimate of drug-likeness (QED) is 0.776. The maximum atomic E-state index is 5.88. The van der Waals surface area contributed by atoms with Gasteiger partial charge in [0.1, 0.15) is 5.82 Å². The molecule has 2 aromatic rings. The Kier molecular flexibility index (Phi) is 2.21. The second kappa shape index (κ2) is 3.73. The molecule has 4 nitrogen and oxygen atoms in total. The van der Waals surface area contributed by atoms with E-state index in [0.29, 0.717) is 11.7 Å². The summed E-state index contributed by atoms with van der Waals surface area (Å²) in [5.41, 5.74) is 14.9. The molecule has 86 valence electrons. The summed E-state index contributed by atoms with van der Waals surface area (Å²) >= 11 is 0. The van der Waals surface area contributed by atoms with Gasteiger partial charge in [-0.1, -0.05) is 30.3 Å². The van der Waals surface area contributed by atoms with Crippen LogP contribution in [0.2, 0.25) is 0 Å². The molecule has 0 radical (unpaired) electrons. The van der Waals surface area contributed by atoms with E-state index in [1.165, 1.54) is 5.56 Å². The van der Waals surface area contributed by atoms with Crippen molar-refractivity contribution < 1.29 is 0 Å². The molecule has 1 aliphatic carbocycles. The summed E-state index contributed by atoms with van der Waals surface area (Å²) in [4.78, 5) is 8.38. The number of hydrogen-bond acceptors (Lipinski definition) is 4. The number of rotatable bonds is 1. The van der Waals surface area contributed by atoms with Crippen LogP contribution in [0.15, 0.2) is 30.3 Å². The SMILES string of the molecule is Nc1nc(N)c2c(n1)C(c1ccccc1)CC2. The van der Waals surface area contributed by atoms with Crippen molar-refractivity contribution in [3.63, 3.8) is 0 Å². The number of anilines is 2. The Hall–Kier alpha value is -2.10. The average molecular weight is 226 g/mol. The van der Waals surface area contributed by atoms with E-state index in [1.54, 1.807) is 0 Å². The molecule has 1 heterocycles. The Bertz CT molecular complexity index is 551. The summed E-state index contributed by atoms with van der Waals surface area (Å²) in [5, 5.41) is 0. The van der Waals surface area contributed by atoms with Gasteiger partial charge in [0.2, 0.25) is 5.95 Å². The predicted octanol–water partition coefficient (Wildman–Crippen LogP) is 1.72. The molecule has 1 aromatic heterocycles. The first-order valence-corrected chi connectivity index (χ1v) is 5.72. The minimum atomic E-state index is 0.268. The third kappa shape index (κ3) is 1.62. The molecule has 0 saturated heterocycles.